The molecule has 0 spiro atoms. The van der Waals surface area contributed by atoms with Crippen molar-refractivity contribution in [2.75, 3.05) is 31.1 Å². The predicted molar refractivity (Wildman–Crippen MR) is 76.8 cm³/mol. The first-order valence-corrected chi connectivity index (χ1v) is 7.61. The number of hydrogen-bond acceptors (Lipinski definition) is 3. The molecule has 2 bridgehead atoms. The van der Waals surface area contributed by atoms with E-state index in [9.17, 15) is 0 Å². The second-order valence-electron chi connectivity index (χ2n) is 6.07. The van der Waals surface area contributed by atoms with Crippen molar-refractivity contribution in [2.45, 2.75) is 37.9 Å². The Morgan fingerprint density at radius 3 is 2.53 bits per heavy atom. The summed E-state index contributed by atoms with van der Waals surface area (Å²) in [6.07, 6.45) is 5.77. The molecule has 2 saturated heterocycles. The van der Waals surface area contributed by atoms with Crippen molar-refractivity contribution in [2.24, 2.45) is 0 Å². The van der Waals surface area contributed by atoms with E-state index in [0.29, 0.717) is 12.2 Å². The third kappa shape index (κ3) is 2.26. The molecule has 0 radical (unpaired) electrons. The van der Waals surface area contributed by atoms with Gasteiger partial charge in [-0.3, -0.25) is 0 Å². The van der Waals surface area contributed by atoms with Gasteiger partial charge < -0.3 is 15.0 Å². The summed E-state index contributed by atoms with van der Waals surface area (Å²) < 4.78 is 5.93. The lowest BCUT2D eigenvalue weighted by molar-refractivity contribution is 0.0305. The third-order valence-electron chi connectivity index (χ3n) is 4.74. The molecule has 0 amide bonds. The summed E-state index contributed by atoms with van der Waals surface area (Å²) in [5.74, 6) is 0. The SMILES string of the molecule is c1cc2c(cc1N1CC3CCC(C1)O3)CCNCC2. The van der Waals surface area contributed by atoms with Gasteiger partial charge in [0.05, 0.1) is 12.2 Å². The first-order chi connectivity index (χ1) is 9.38. The molecule has 3 heterocycles. The second-order valence-corrected chi connectivity index (χ2v) is 6.07. The molecule has 3 aliphatic rings. The Morgan fingerprint density at radius 1 is 1.00 bits per heavy atom. The molecule has 1 N–H and O–H groups in total. The van der Waals surface area contributed by atoms with Crippen LogP contribution in [0.3, 0.4) is 0 Å². The first-order valence-electron chi connectivity index (χ1n) is 7.61. The van der Waals surface area contributed by atoms with E-state index in [4.69, 9.17) is 4.74 Å². The summed E-state index contributed by atoms with van der Waals surface area (Å²) in [6, 6.07) is 7.08. The highest BCUT2D eigenvalue weighted by Crippen LogP contribution is 2.30. The van der Waals surface area contributed by atoms with Gasteiger partial charge in [-0.2, -0.15) is 0 Å². The molecule has 3 nitrogen and oxygen atoms in total. The Kier molecular flexibility index (Phi) is 2.97. The summed E-state index contributed by atoms with van der Waals surface area (Å²) in [6.45, 7) is 4.39. The Balaban J connectivity index is 1.59. The van der Waals surface area contributed by atoms with Crippen molar-refractivity contribution < 1.29 is 4.74 Å². The molecular weight excluding hydrogens is 236 g/mol. The maximum absolute atomic E-state index is 5.93. The van der Waals surface area contributed by atoms with Crippen molar-refractivity contribution in [3.05, 3.63) is 29.3 Å². The Bertz CT molecular complexity index is 462. The number of nitrogens with zero attached hydrogens (tertiary/aromatic N) is 1. The van der Waals surface area contributed by atoms with Crippen LogP contribution >= 0.6 is 0 Å². The normalized spacial score (nSPS) is 30.0. The van der Waals surface area contributed by atoms with Crippen LogP contribution in [0.1, 0.15) is 24.0 Å². The van der Waals surface area contributed by atoms with E-state index in [0.717, 1.165) is 26.2 Å². The average Bonchev–Trinajstić information content (AvgIpc) is 2.66. The fourth-order valence-corrected chi connectivity index (χ4v) is 3.68. The van der Waals surface area contributed by atoms with Gasteiger partial charge in [-0.25, -0.2) is 0 Å². The lowest BCUT2D eigenvalue weighted by Gasteiger charge is -2.34. The summed E-state index contributed by atoms with van der Waals surface area (Å²) in [7, 11) is 0. The number of ether oxygens (including phenoxy) is 1. The summed E-state index contributed by atoms with van der Waals surface area (Å²) in [5, 5.41) is 3.48. The molecule has 3 heteroatoms. The Labute approximate surface area is 114 Å². The number of fused-ring (bicyclic) bond motifs is 3. The molecule has 1 aromatic carbocycles. The number of rotatable bonds is 1. The van der Waals surface area contributed by atoms with E-state index >= 15 is 0 Å². The van der Waals surface area contributed by atoms with E-state index in [1.807, 2.05) is 0 Å². The zero-order valence-electron chi connectivity index (χ0n) is 11.4. The molecule has 1 aromatic rings. The minimum atomic E-state index is 0.472. The standard InChI is InChI=1S/C16H22N2O/c1-2-14(9-13-6-8-17-7-5-12(1)13)18-10-15-3-4-16(11-18)19-15/h1-2,9,15-17H,3-8,10-11H2. The van der Waals surface area contributed by atoms with Gasteiger partial charge in [0.1, 0.15) is 0 Å². The molecule has 19 heavy (non-hydrogen) atoms. The number of morpholine rings is 1. The van der Waals surface area contributed by atoms with Crippen LogP contribution in [0.5, 0.6) is 0 Å². The minimum Gasteiger partial charge on any atom is -0.371 e. The number of hydrogen-bond donors (Lipinski definition) is 1. The van der Waals surface area contributed by atoms with E-state index in [1.165, 1.54) is 36.9 Å². The van der Waals surface area contributed by atoms with Crippen LogP contribution in [0.2, 0.25) is 0 Å². The van der Waals surface area contributed by atoms with Crippen LogP contribution in [-0.2, 0) is 17.6 Å². The van der Waals surface area contributed by atoms with Crippen LogP contribution < -0.4 is 10.2 Å². The highest BCUT2D eigenvalue weighted by molar-refractivity contribution is 5.52. The number of benzene rings is 1. The first kappa shape index (κ1) is 11.7. The van der Waals surface area contributed by atoms with E-state index in [2.05, 4.69) is 28.4 Å². The van der Waals surface area contributed by atoms with Crippen LogP contribution in [0.4, 0.5) is 5.69 Å². The lowest BCUT2D eigenvalue weighted by atomic mass is 10.0. The summed E-state index contributed by atoms with van der Waals surface area (Å²) >= 11 is 0. The van der Waals surface area contributed by atoms with Gasteiger partial charge in [0.2, 0.25) is 0 Å². The monoisotopic (exact) mass is 258 g/mol. The maximum Gasteiger partial charge on any atom is 0.0755 e. The fourth-order valence-electron chi connectivity index (χ4n) is 3.68. The van der Waals surface area contributed by atoms with Gasteiger partial charge in [0.25, 0.3) is 0 Å². The lowest BCUT2D eigenvalue weighted by Crippen LogP contribution is -2.42. The van der Waals surface area contributed by atoms with Crippen molar-refractivity contribution >= 4 is 5.69 Å². The highest BCUT2D eigenvalue weighted by atomic mass is 16.5. The van der Waals surface area contributed by atoms with Crippen LogP contribution in [-0.4, -0.2) is 38.4 Å². The summed E-state index contributed by atoms with van der Waals surface area (Å²) in [5.41, 5.74) is 4.48. The number of nitrogens with one attached hydrogen (secondary N) is 1. The molecule has 0 saturated carbocycles. The second kappa shape index (κ2) is 4.80. The molecule has 4 rings (SSSR count). The van der Waals surface area contributed by atoms with Crippen LogP contribution in [0, 0.1) is 0 Å². The van der Waals surface area contributed by atoms with Crippen LogP contribution in [0.25, 0.3) is 0 Å². The van der Waals surface area contributed by atoms with E-state index in [1.54, 1.807) is 5.56 Å². The van der Waals surface area contributed by atoms with Gasteiger partial charge in [-0.1, -0.05) is 6.07 Å². The van der Waals surface area contributed by atoms with Gasteiger partial charge in [0.15, 0.2) is 0 Å². The number of anilines is 1. The average molecular weight is 258 g/mol. The molecule has 2 unspecified atom stereocenters. The largest absolute Gasteiger partial charge is 0.371 e. The quantitative estimate of drug-likeness (QED) is 0.830. The molecule has 102 valence electrons. The zero-order valence-corrected chi connectivity index (χ0v) is 11.4. The maximum atomic E-state index is 5.93. The summed E-state index contributed by atoms with van der Waals surface area (Å²) in [4.78, 5) is 2.53. The molecule has 3 aliphatic heterocycles. The zero-order chi connectivity index (χ0) is 12.7. The van der Waals surface area contributed by atoms with Gasteiger partial charge in [-0.15, -0.1) is 0 Å². The van der Waals surface area contributed by atoms with Crippen molar-refractivity contribution in [3.63, 3.8) is 0 Å². The van der Waals surface area contributed by atoms with Crippen molar-refractivity contribution in [1.29, 1.82) is 0 Å². The van der Waals surface area contributed by atoms with Crippen molar-refractivity contribution in [1.82, 2.24) is 5.32 Å². The highest BCUT2D eigenvalue weighted by Gasteiger charge is 2.33. The fraction of sp³-hybridized carbons (Fsp3) is 0.625. The van der Waals surface area contributed by atoms with Gasteiger partial charge >= 0.3 is 0 Å². The molecule has 2 atom stereocenters. The molecule has 0 aliphatic carbocycles. The molecule has 2 fully saturated rings. The molecular formula is C16H22N2O. The predicted octanol–water partition coefficient (Wildman–Crippen LogP) is 1.74. The van der Waals surface area contributed by atoms with Crippen LogP contribution in [0.15, 0.2) is 18.2 Å². The third-order valence-corrected chi connectivity index (χ3v) is 4.74. The van der Waals surface area contributed by atoms with E-state index < -0.39 is 0 Å². The minimum absolute atomic E-state index is 0.472. The topological polar surface area (TPSA) is 24.5 Å². The van der Waals surface area contributed by atoms with E-state index in [-0.39, 0.29) is 0 Å². The molecule has 0 aromatic heterocycles. The Morgan fingerprint density at radius 2 is 1.74 bits per heavy atom. The smallest absolute Gasteiger partial charge is 0.0755 e. The van der Waals surface area contributed by atoms with Gasteiger partial charge in [0, 0.05) is 18.8 Å². The Hall–Kier alpha value is -1.06. The van der Waals surface area contributed by atoms with Gasteiger partial charge in [-0.05, 0) is 62.0 Å². The van der Waals surface area contributed by atoms with Crippen molar-refractivity contribution in [3.8, 4) is 0 Å².